The highest BCUT2D eigenvalue weighted by molar-refractivity contribution is 5.58. The zero-order chi connectivity index (χ0) is 15.2. The van der Waals surface area contributed by atoms with Crippen LogP contribution >= 0.6 is 0 Å². The molecule has 0 aliphatic heterocycles. The number of nitrogen functional groups attached to an aromatic ring is 1. The molecule has 0 spiro atoms. The Morgan fingerprint density at radius 1 is 1.19 bits per heavy atom. The molecule has 0 saturated heterocycles. The van der Waals surface area contributed by atoms with E-state index in [0.717, 1.165) is 29.8 Å². The number of nitrogens with two attached hydrogens (primary N) is 1. The van der Waals surface area contributed by atoms with Gasteiger partial charge in [-0.05, 0) is 24.2 Å². The first-order chi connectivity index (χ1) is 10.1. The largest absolute Gasteiger partial charge is 0.370 e. The standard InChI is InChI=1S/C16H29N5/c1-11(2)14-15(19-10-20-16(14)21-17)18-9-8-13-6-4-12(3)5-7-13/h10-13H,4-9,17H2,1-3H3,(H2,18,19,20,21). The van der Waals surface area contributed by atoms with Crippen LogP contribution in [0.5, 0.6) is 0 Å². The van der Waals surface area contributed by atoms with Gasteiger partial charge in [-0.15, -0.1) is 0 Å². The van der Waals surface area contributed by atoms with E-state index in [1.54, 1.807) is 6.33 Å². The summed E-state index contributed by atoms with van der Waals surface area (Å²) in [6, 6.07) is 0. The lowest BCUT2D eigenvalue weighted by atomic mass is 9.81. The molecular weight excluding hydrogens is 262 g/mol. The van der Waals surface area contributed by atoms with Gasteiger partial charge in [-0.1, -0.05) is 46.5 Å². The maximum atomic E-state index is 5.55. The van der Waals surface area contributed by atoms with Crippen LogP contribution < -0.4 is 16.6 Å². The number of rotatable bonds is 6. The Bertz CT molecular complexity index is 438. The summed E-state index contributed by atoms with van der Waals surface area (Å²) in [4.78, 5) is 8.58. The average Bonchev–Trinajstić information content (AvgIpc) is 2.48. The van der Waals surface area contributed by atoms with E-state index in [1.165, 1.54) is 32.1 Å². The van der Waals surface area contributed by atoms with Crippen LogP contribution in [0.3, 0.4) is 0 Å². The maximum Gasteiger partial charge on any atom is 0.148 e. The van der Waals surface area contributed by atoms with E-state index in [9.17, 15) is 0 Å². The molecule has 4 N–H and O–H groups in total. The zero-order valence-corrected chi connectivity index (χ0v) is 13.5. The molecule has 0 radical (unpaired) electrons. The van der Waals surface area contributed by atoms with Crippen LogP contribution in [0.2, 0.25) is 0 Å². The second kappa shape index (κ2) is 7.59. The second-order valence-electron chi connectivity index (χ2n) is 6.62. The van der Waals surface area contributed by atoms with Gasteiger partial charge in [-0.2, -0.15) is 0 Å². The predicted octanol–water partition coefficient (Wildman–Crippen LogP) is 3.51. The van der Waals surface area contributed by atoms with Crippen molar-refractivity contribution in [2.75, 3.05) is 17.3 Å². The molecule has 0 amide bonds. The van der Waals surface area contributed by atoms with Crippen LogP contribution in [0.15, 0.2) is 6.33 Å². The van der Waals surface area contributed by atoms with Gasteiger partial charge in [0.2, 0.25) is 0 Å². The second-order valence-corrected chi connectivity index (χ2v) is 6.62. The lowest BCUT2D eigenvalue weighted by Crippen LogP contribution is -2.18. The molecule has 5 heteroatoms. The highest BCUT2D eigenvalue weighted by Gasteiger charge is 2.18. The molecule has 118 valence electrons. The summed E-state index contributed by atoms with van der Waals surface area (Å²) in [5, 5.41) is 3.48. The van der Waals surface area contributed by atoms with Gasteiger partial charge in [0.05, 0.1) is 0 Å². The van der Waals surface area contributed by atoms with Gasteiger partial charge < -0.3 is 10.7 Å². The SMILES string of the molecule is CC1CCC(CCNc2ncnc(NN)c2C(C)C)CC1. The molecule has 0 aromatic carbocycles. The van der Waals surface area contributed by atoms with Gasteiger partial charge in [-0.3, -0.25) is 0 Å². The molecule has 1 fully saturated rings. The Kier molecular flexibility index (Phi) is 5.79. The van der Waals surface area contributed by atoms with Crippen molar-refractivity contribution in [2.24, 2.45) is 17.7 Å². The van der Waals surface area contributed by atoms with Crippen molar-refractivity contribution in [3.8, 4) is 0 Å². The van der Waals surface area contributed by atoms with E-state index in [-0.39, 0.29) is 0 Å². The Hall–Kier alpha value is -1.36. The van der Waals surface area contributed by atoms with Crippen molar-refractivity contribution in [2.45, 2.75) is 58.8 Å². The topological polar surface area (TPSA) is 75.9 Å². The quantitative estimate of drug-likeness (QED) is 0.552. The molecule has 1 aromatic rings. The fraction of sp³-hybridized carbons (Fsp3) is 0.750. The van der Waals surface area contributed by atoms with E-state index in [1.807, 2.05) is 0 Å². The zero-order valence-electron chi connectivity index (χ0n) is 13.5. The monoisotopic (exact) mass is 291 g/mol. The van der Waals surface area contributed by atoms with Crippen molar-refractivity contribution in [3.63, 3.8) is 0 Å². The Balaban J connectivity index is 1.91. The van der Waals surface area contributed by atoms with Crippen LogP contribution in [0.25, 0.3) is 0 Å². The first-order valence-electron chi connectivity index (χ1n) is 8.17. The fourth-order valence-electron chi connectivity index (χ4n) is 3.21. The molecule has 2 rings (SSSR count). The summed E-state index contributed by atoms with van der Waals surface area (Å²) in [5.74, 6) is 9.29. The van der Waals surface area contributed by atoms with Gasteiger partial charge in [-0.25, -0.2) is 15.8 Å². The van der Waals surface area contributed by atoms with Crippen LogP contribution in [0.1, 0.15) is 64.4 Å². The van der Waals surface area contributed by atoms with Gasteiger partial charge in [0.1, 0.15) is 18.0 Å². The van der Waals surface area contributed by atoms with E-state index in [2.05, 4.69) is 41.5 Å². The molecule has 0 atom stereocenters. The Labute approximate surface area is 128 Å². The average molecular weight is 291 g/mol. The maximum absolute atomic E-state index is 5.55. The third-order valence-corrected chi connectivity index (χ3v) is 4.58. The van der Waals surface area contributed by atoms with Crippen LogP contribution in [0, 0.1) is 11.8 Å². The number of nitrogens with zero attached hydrogens (tertiary/aromatic N) is 2. The molecule has 1 saturated carbocycles. The molecule has 1 aliphatic rings. The number of hydrogen-bond donors (Lipinski definition) is 3. The molecule has 21 heavy (non-hydrogen) atoms. The number of hydrogen-bond acceptors (Lipinski definition) is 5. The first-order valence-corrected chi connectivity index (χ1v) is 8.17. The van der Waals surface area contributed by atoms with Gasteiger partial charge in [0.25, 0.3) is 0 Å². The Morgan fingerprint density at radius 2 is 1.86 bits per heavy atom. The predicted molar refractivity (Wildman–Crippen MR) is 88.2 cm³/mol. The van der Waals surface area contributed by atoms with Crippen LogP contribution in [0.4, 0.5) is 11.6 Å². The lowest BCUT2D eigenvalue weighted by molar-refractivity contribution is 0.282. The van der Waals surface area contributed by atoms with E-state index in [4.69, 9.17) is 5.84 Å². The highest BCUT2D eigenvalue weighted by Crippen LogP contribution is 2.31. The van der Waals surface area contributed by atoms with Crippen LogP contribution in [-0.4, -0.2) is 16.5 Å². The normalized spacial score (nSPS) is 22.3. The molecule has 1 heterocycles. The van der Waals surface area contributed by atoms with E-state index < -0.39 is 0 Å². The van der Waals surface area contributed by atoms with Crippen molar-refractivity contribution in [1.29, 1.82) is 0 Å². The fourth-order valence-corrected chi connectivity index (χ4v) is 3.21. The number of nitrogens with one attached hydrogen (secondary N) is 2. The summed E-state index contributed by atoms with van der Waals surface area (Å²) in [5.41, 5.74) is 3.74. The lowest BCUT2D eigenvalue weighted by Gasteiger charge is -2.26. The van der Waals surface area contributed by atoms with Crippen molar-refractivity contribution >= 4 is 11.6 Å². The first kappa shape index (κ1) is 16.0. The van der Waals surface area contributed by atoms with Crippen molar-refractivity contribution < 1.29 is 0 Å². The molecular formula is C16H29N5. The summed E-state index contributed by atoms with van der Waals surface area (Å²) in [6.45, 7) is 7.60. The summed E-state index contributed by atoms with van der Waals surface area (Å²) < 4.78 is 0. The Morgan fingerprint density at radius 3 is 2.48 bits per heavy atom. The van der Waals surface area contributed by atoms with Crippen LogP contribution in [-0.2, 0) is 0 Å². The smallest absolute Gasteiger partial charge is 0.148 e. The van der Waals surface area contributed by atoms with E-state index in [0.29, 0.717) is 11.7 Å². The van der Waals surface area contributed by atoms with E-state index >= 15 is 0 Å². The third kappa shape index (κ3) is 4.30. The third-order valence-electron chi connectivity index (χ3n) is 4.58. The number of anilines is 2. The highest BCUT2D eigenvalue weighted by atomic mass is 15.3. The summed E-state index contributed by atoms with van der Waals surface area (Å²) in [7, 11) is 0. The number of hydrazine groups is 1. The van der Waals surface area contributed by atoms with Crippen molar-refractivity contribution in [1.82, 2.24) is 9.97 Å². The molecule has 1 aliphatic carbocycles. The minimum absolute atomic E-state index is 0.329. The van der Waals surface area contributed by atoms with Gasteiger partial charge in [0, 0.05) is 12.1 Å². The summed E-state index contributed by atoms with van der Waals surface area (Å²) in [6.07, 6.45) is 8.30. The van der Waals surface area contributed by atoms with Gasteiger partial charge in [0.15, 0.2) is 0 Å². The molecule has 5 nitrogen and oxygen atoms in total. The molecule has 1 aromatic heterocycles. The minimum atomic E-state index is 0.329. The molecule has 0 unspecified atom stereocenters. The minimum Gasteiger partial charge on any atom is -0.370 e. The molecule has 0 bridgehead atoms. The van der Waals surface area contributed by atoms with Crippen molar-refractivity contribution in [3.05, 3.63) is 11.9 Å². The summed E-state index contributed by atoms with van der Waals surface area (Å²) >= 11 is 0. The van der Waals surface area contributed by atoms with Gasteiger partial charge >= 0.3 is 0 Å². The number of aromatic nitrogens is 2.